The lowest BCUT2D eigenvalue weighted by atomic mass is 9.98. The minimum Gasteiger partial charge on any atom is -0.370 e. The summed E-state index contributed by atoms with van der Waals surface area (Å²) in [5, 5.41) is 11.3. The van der Waals surface area contributed by atoms with Crippen LogP contribution in [0.2, 0.25) is 0 Å². The number of guanidine groups is 1. The normalized spacial score (nSPS) is 18.0. The Balaban J connectivity index is 1.40. The summed E-state index contributed by atoms with van der Waals surface area (Å²) in [7, 11) is 0. The highest BCUT2D eigenvalue weighted by Gasteiger charge is 2.23. The van der Waals surface area contributed by atoms with Crippen molar-refractivity contribution >= 4 is 23.1 Å². The second kappa shape index (κ2) is 7.61. The summed E-state index contributed by atoms with van der Waals surface area (Å²) >= 11 is 0. The Bertz CT molecular complexity index is 948. The molecule has 0 amide bonds. The third kappa shape index (κ3) is 3.99. The Kier molecular flexibility index (Phi) is 4.86. The monoisotopic (exact) mass is 364 g/mol. The van der Waals surface area contributed by atoms with Crippen LogP contribution in [0.1, 0.15) is 18.4 Å². The zero-order chi connectivity index (χ0) is 18.6. The molecule has 1 fully saturated rings. The fraction of sp³-hybridized carbons (Fsp3) is 0.368. The Labute approximate surface area is 158 Å². The molecule has 8 heteroatoms. The molecule has 0 bridgehead atoms. The van der Waals surface area contributed by atoms with E-state index in [2.05, 4.69) is 49.4 Å². The smallest absolute Gasteiger partial charge is 0.203 e. The number of fused-ring (bicyclic) bond motifs is 1. The highest BCUT2D eigenvalue weighted by Crippen LogP contribution is 2.24. The molecule has 0 radical (unpaired) electrons. The number of hydrogen-bond donors (Lipinski definition) is 2. The van der Waals surface area contributed by atoms with E-state index in [0.29, 0.717) is 18.4 Å². The number of hydrogen-bond acceptors (Lipinski definition) is 5. The van der Waals surface area contributed by atoms with E-state index in [0.717, 1.165) is 43.1 Å². The predicted molar refractivity (Wildman–Crippen MR) is 107 cm³/mol. The second-order valence-electron chi connectivity index (χ2n) is 6.99. The molecule has 1 atom stereocenters. The summed E-state index contributed by atoms with van der Waals surface area (Å²) in [4.78, 5) is 11.4. The minimum atomic E-state index is 0.432. The van der Waals surface area contributed by atoms with Crippen LogP contribution in [0, 0.1) is 12.8 Å². The highest BCUT2D eigenvalue weighted by atomic mass is 15.3. The molecule has 3 N–H and O–H groups in total. The Morgan fingerprint density at radius 2 is 2.33 bits per heavy atom. The molecule has 1 aliphatic rings. The molecule has 0 spiro atoms. The summed E-state index contributed by atoms with van der Waals surface area (Å²) in [6, 6.07) is 8.10. The molecule has 3 heterocycles. The number of benzene rings is 1. The quantitative estimate of drug-likeness (QED) is 0.543. The van der Waals surface area contributed by atoms with E-state index in [1.165, 1.54) is 5.56 Å². The average molecular weight is 364 g/mol. The number of nitrogens with two attached hydrogens (primary N) is 1. The number of aliphatic imine (C=N–C) groups is 1. The van der Waals surface area contributed by atoms with Crippen LogP contribution in [0.25, 0.3) is 5.65 Å². The van der Waals surface area contributed by atoms with Crippen molar-refractivity contribution < 1.29 is 0 Å². The van der Waals surface area contributed by atoms with Crippen LogP contribution < -0.4 is 16.0 Å². The first-order valence-electron chi connectivity index (χ1n) is 9.22. The van der Waals surface area contributed by atoms with Crippen LogP contribution in [0.3, 0.4) is 0 Å². The lowest BCUT2D eigenvalue weighted by molar-refractivity contribution is 0.422. The maximum absolute atomic E-state index is 6.07. The maximum atomic E-state index is 6.07. The molecule has 0 saturated carbocycles. The Hall–Kier alpha value is -3.16. The van der Waals surface area contributed by atoms with Crippen LogP contribution >= 0.6 is 0 Å². The van der Waals surface area contributed by atoms with Crippen molar-refractivity contribution in [2.24, 2.45) is 16.6 Å². The van der Waals surface area contributed by atoms with Crippen molar-refractivity contribution in [3.8, 4) is 0 Å². The first kappa shape index (κ1) is 17.3. The van der Waals surface area contributed by atoms with E-state index in [1.54, 1.807) is 12.5 Å². The molecular weight excluding hydrogens is 340 g/mol. The van der Waals surface area contributed by atoms with Crippen molar-refractivity contribution in [3.63, 3.8) is 0 Å². The van der Waals surface area contributed by atoms with Gasteiger partial charge in [-0.25, -0.2) is 4.98 Å². The van der Waals surface area contributed by atoms with Crippen molar-refractivity contribution in [2.45, 2.75) is 19.8 Å². The molecule has 0 aliphatic carbocycles. The van der Waals surface area contributed by atoms with Gasteiger partial charge >= 0.3 is 0 Å². The fourth-order valence-electron chi connectivity index (χ4n) is 3.51. The first-order chi connectivity index (χ1) is 13.2. The molecule has 3 aromatic rings. The van der Waals surface area contributed by atoms with Gasteiger partial charge in [0, 0.05) is 37.7 Å². The lowest BCUT2D eigenvalue weighted by Gasteiger charge is -2.32. The predicted octanol–water partition coefficient (Wildman–Crippen LogP) is 2.08. The van der Waals surface area contributed by atoms with Gasteiger partial charge in [-0.05, 0) is 43.4 Å². The maximum Gasteiger partial charge on any atom is 0.203 e. The standard InChI is InChI=1S/C19H24N8/c1-14-4-2-6-16(10-14)24-19(20)22-11-15-5-3-8-26(12-15)17-18-25-23-13-27(18)9-7-21-17/h2,4,6-7,9-10,13,15H,3,5,8,11-12H2,1H3,(H3,20,22,24). The number of aryl methyl sites for hydroxylation is 1. The zero-order valence-corrected chi connectivity index (χ0v) is 15.4. The zero-order valence-electron chi connectivity index (χ0n) is 15.4. The molecule has 1 unspecified atom stereocenters. The molecule has 1 saturated heterocycles. The second-order valence-corrected chi connectivity index (χ2v) is 6.99. The van der Waals surface area contributed by atoms with E-state index in [9.17, 15) is 0 Å². The van der Waals surface area contributed by atoms with Gasteiger partial charge in [-0.3, -0.25) is 9.39 Å². The van der Waals surface area contributed by atoms with Crippen LogP contribution in [-0.4, -0.2) is 45.2 Å². The van der Waals surface area contributed by atoms with E-state index in [4.69, 9.17) is 5.73 Å². The van der Waals surface area contributed by atoms with E-state index in [1.807, 2.05) is 22.7 Å². The SMILES string of the molecule is Cc1cccc(NC(N)=NCC2CCCN(c3nccn4cnnc34)C2)c1. The van der Waals surface area contributed by atoms with Gasteiger partial charge in [-0.15, -0.1) is 10.2 Å². The number of piperidine rings is 1. The van der Waals surface area contributed by atoms with Crippen molar-refractivity contribution in [1.29, 1.82) is 0 Å². The number of anilines is 2. The Morgan fingerprint density at radius 3 is 3.22 bits per heavy atom. The van der Waals surface area contributed by atoms with Crippen LogP contribution in [-0.2, 0) is 0 Å². The van der Waals surface area contributed by atoms with E-state index >= 15 is 0 Å². The number of rotatable bonds is 4. The van der Waals surface area contributed by atoms with Crippen molar-refractivity contribution in [2.75, 3.05) is 29.9 Å². The summed E-state index contributed by atoms with van der Waals surface area (Å²) < 4.78 is 1.90. The molecule has 1 aromatic carbocycles. The van der Waals surface area contributed by atoms with Crippen LogP contribution in [0.15, 0.2) is 48.0 Å². The third-order valence-electron chi connectivity index (χ3n) is 4.83. The van der Waals surface area contributed by atoms with Crippen LogP contribution in [0.5, 0.6) is 0 Å². The van der Waals surface area contributed by atoms with Gasteiger partial charge in [0.15, 0.2) is 11.8 Å². The Morgan fingerprint density at radius 1 is 1.41 bits per heavy atom. The van der Waals surface area contributed by atoms with E-state index < -0.39 is 0 Å². The summed E-state index contributed by atoms with van der Waals surface area (Å²) in [5.41, 5.74) is 9.01. The van der Waals surface area contributed by atoms with Crippen LogP contribution in [0.4, 0.5) is 11.5 Å². The molecule has 140 valence electrons. The largest absolute Gasteiger partial charge is 0.370 e. The van der Waals surface area contributed by atoms with Gasteiger partial charge in [-0.2, -0.15) is 0 Å². The molecule has 27 heavy (non-hydrogen) atoms. The van der Waals surface area contributed by atoms with Gasteiger partial charge in [0.1, 0.15) is 6.33 Å². The molecule has 2 aromatic heterocycles. The highest BCUT2D eigenvalue weighted by molar-refractivity contribution is 5.92. The van der Waals surface area contributed by atoms with E-state index in [-0.39, 0.29) is 0 Å². The number of nitrogens with zero attached hydrogens (tertiary/aromatic N) is 6. The summed E-state index contributed by atoms with van der Waals surface area (Å²) in [5.74, 6) is 1.77. The van der Waals surface area contributed by atoms with Gasteiger partial charge in [0.25, 0.3) is 0 Å². The van der Waals surface area contributed by atoms with Gasteiger partial charge < -0.3 is 16.0 Å². The van der Waals surface area contributed by atoms with Gasteiger partial charge in [0.05, 0.1) is 0 Å². The van der Waals surface area contributed by atoms with Crippen molar-refractivity contribution in [3.05, 3.63) is 48.5 Å². The molecule has 8 nitrogen and oxygen atoms in total. The molecular formula is C19H24N8. The van der Waals surface area contributed by atoms with Gasteiger partial charge in [0.2, 0.25) is 5.65 Å². The molecule has 1 aliphatic heterocycles. The summed E-state index contributed by atoms with van der Waals surface area (Å²) in [6.07, 6.45) is 7.58. The number of aromatic nitrogens is 4. The molecule has 4 rings (SSSR count). The van der Waals surface area contributed by atoms with Crippen molar-refractivity contribution in [1.82, 2.24) is 19.6 Å². The fourth-order valence-corrected chi connectivity index (χ4v) is 3.51. The first-order valence-corrected chi connectivity index (χ1v) is 9.22. The lowest BCUT2D eigenvalue weighted by Crippen LogP contribution is -2.38. The topological polar surface area (TPSA) is 96.7 Å². The average Bonchev–Trinajstić information content (AvgIpc) is 3.15. The number of nitrogens with one attached hydrogen (secondary N) is 1. The minimum absolute atomic E-state index is 0.432. The third-order valence-corrected chi connectivity index (χ3v) is 4.83. The summed E-state index contributed by atoms with van der Waals surface area (Å²) in [6.45, 7) is 4.60. The van der Waals surface area contributed by atoms with Gasteiger partial charge in [-0.1, -0.05) is 12.1 Å².